The van der Waals surface area contributed by atoms with E-state index in [2.05, 4.69) is 34.5 Å². The molecular weight excluding hydrogens is 328 g/mol. The Bertz CT molecular complexity index is 724. The van der Waals surface area contributed by atoms with Gasteiger partial charge in [0.1, 0.15) is 5.75 Å². The lowest BCUT2D eigenvalue weighted by molar-refractivity contribution is -0.127. The third-order valence-electron chi connectivity index (χ3n) is 4.55. The Kier molecular flexibility index (Phi) is 6.12. The molecule has 2 aromatic rings. The first-order valence-corrected chi connectivity index (χ1v) is 9.05. The maximum absolute atomic E-state index is 12.3. The van der Waals surface area contributed by atoms with Crippen LogP contribution in [-0.4, -0.2) is 38.3 Å². The van der Waals surface area contributed by atoms with Crippen LogP contribution >= 0.6 is 0 Å². The SMILES string of the molecule is Cc1ccccc1O[C@H](C)C(=O)NCc1ccc(N2CCOCC2)cc1. The van der Waals surface area contributed by atoms with E-state index in [1.807, 2.05) is 31.2 Å². The fourth-order valence-corrected chi connectivity index (χ4v) is 2.91. The van der Waals surface area contributed by atoms with Gasteiger partial charge in [0.15, 0.2) is 6.10 Å². The number of nitrogens with zero attached hydrogens (tertiary/aromatic N) is 1. The molecule has 1 saturated heterocycles. The summed E-state index contributed by atoms with van der Waals surface area (Å²) in [6, 6.07) is 16.0. The van der Waals surface area contributed by atoms with Gasteiger partial charge in [-0.05, 0) is 43.2 Å². The highest BCUT2D eigenvalue weighted by molar-refractivity contribution is 5.80. The number of hydrogen-bond acceptors (Lipinski definition) is 4. The number of anilines is 1. The lowest BCUT2D eigenvalue weighted by atomic mass is 10.2. The van der Waals surface area contributed by atoms with Gasteiger partial charge >= 0.3 is 0 Å². The second-order valence-corrected chi connectivity index (χ2v) is 6.51. The molecule has 138 valence electrons. The van der Waals surface area contributed by atoms with Crippen molar-refractivity contribution in [3.05, 3.63) is 59.7 Å². The van der Waals surface area contributed by atoms with Crippen LogP contribution in [-0.2, 0) is 16.1 Å². The molecule has 3 rings (SSSR count). The summed E-state index contributed by atoms with van der Waals surface area (Å²) in [5.41, 5.74) is 3.28. The summed E-state index contributed by atoms with van der Waals surface area (Å²) >= 11 is 0. The second kappa shape index (κ2) is 8.72. The summed E-state index contributed by atoms with van der Waals surface area (Å²) in [4.78, 5) is 14.6. The van der Waals surface area contributed by atoms with E-state index in [1.165, 1.54) is 5.69 Å². The van der Waals surface area contributed by atoms with Gasteiger partial charge in [-0.2, -0.15) is 0 Å². The minimum atomic E-state index is -0.538. The van der Waals surface area contributed by atoms with Gasteiger partial charge in [0, 0.05) is 25.3 Å². The van der Waals surface area contributed by atoms with Gasteiger partial charge in [-0.1, -0.05) is 30.3 Å². The Balaban J connectivity index is 1.50. The van der Waals surface area contributed by atoms with Gasteiger partial charge in [0.25, 0.3) is 5.91 Å². The van der Waals surface area contributed by atoms with Crippen LogP contribution in [0.3, 0.4) is 0 Å². The third-order valence-corrected chi connectivity index (χ3v) is 4.55. The Labute approximate surface area is 154 Å². The molecule has 26 heavy (non-hydrogen) atoms. The monoisotopic (exact) mass is 354 g/mol. The summed E-state index contributed by atoms with van der Waals surface area (Å²) in [7, 11) is 0. The van der Waals surface area contributed by atoms with Crippen molar-refractivity contribution in [1.29, 1.82) is 0 Å². The molecule has 2 aromatic carbocycles. The summed E-state index contributed by atoms with van der Waals surface area (Å²) in [5, 5.41) is 2.94. The number of carbonyl (C=O) groups is 1. The van der Waals surface area contributed by atoms with Crippen molar-refractivity contribution >= 4 is 11.6 Å². The minimum absolute atomic E-state index is 0.120. The van der Waals surface area contributed by atoms with Crippen molar-refractivity contribution in [2.75, 3.05) is 31.2 Å². The third kappa shape index (κ3) is 4.76. The van der Waals surface area contributed by atoms with Gasteiger partial charge in [0.05, 0.1) is 13.2 Å². The van der Waals surface area contributed by atoms with Crippen LogP contribution in [0, 0.1) is 6.92 Å². The Morgan fingerprint density at radius 1 is 1.15 bits per heavy atom. The highest BCUT2D eigenvalue weighted by Crippen LogP contribution is 2.18. The number of ether oxygens (including phenoxy) is 2. The van der Waals surface area contributed by atoms with E-state index in [4.69, 9.17) is 9.47 Å². The van der Waals surface area contributed by atoms with Crippen LogP contribution in [0.4, 0.5) is 5.69 Å². The molecule has 0 aliphatic carbocycles. The number of nitrogens with one attached hydrogen (secondary N) is 1. The molecule has 0 bridgehead atoms. The molecule has 0 aromatic heterocycles. The van der Waals surface area contributed by atoms with E-state index in [-0.39, 0.29) is 5.91 Å². The first kappa shape index (κ1) is 18.3. The summed E-state index contributed by atoms with van der Waals surface area (Å²) in [6.45, 7) is 7.61. The standard InChI is InChI=1S/C21H26N2O3/c1-16-5-3-4-6-20(16)26-17(2)21(24)22-15-18-7-9-19(10-8-18)23-11-13-25-14-12-23/h3-10,17H,11-15H2,1-2H3,(H,22,24)/t17-/m1/s1. The number of amides is 1. The molecule has 0 radical (unpaired) electrons. The van der Waals surface area contributed by atoms with E-state index < -0.39 is 6.10 Å². The van der Waals surface area contributed by atoms with E-state index in [1.54, 1.807) is 6.92 Å². The van der Waals surface area contributed by atoms with E-state index in [0.29, 0.717) is 6.54 Å². The van der Waals surface area contributed by atoms with E-state index >= 15 is 0 Å². The zero-order valence-corrected chi connectivity index (χ0v) is 15.4. The maximum atomic E-state index is 12.3. The van der Waals surface area contributed by atoms with E-state index in [9.17, 15) is 4.79 Å². The van der Waals surface area contributed by atoms with Gasteiger partial charge in [-0.3, -0.25) is 4.79 Å². The fourth-order valence-electron chi connectivity index (χ4n) is 2.91. The highest BCUT2D eigenvalue weighted by atomic mass is 16.5. The van der Waals surface area contributed by atoms with Crippen LogP contribution in [0.2, 0.25) is 0 Å². The largest absolute Gasteiger partial charge is 0.481 e. The predicted octanol–water partition coefficient (Wildman–Crippen LogP) is 2.92. The minimum Gasteiger partial charge on any atom is -0.481 e. The Hall–Kier alpha value is -2.53. The number of carbonyl (C=O) groups excluding carboxylic acids is 1. The zero-order valence-electron chi connectivity index (χ0n) is 15.4. The predicted molar refractivity (Wildman–Crippen MR) is 103 cm³/mol. The number of hydrogen-bond donors (Lipinski definition) is 1. The molecule has 1 aliphatic rings. The molecule has 1 heterocycles. The molecule has 1 fully saturated rings. The number of aryl methyl sites for hydroxylation is 1. The van der Waals surface area contributed by atoms with Gasteiger partial charge in [-0.25, -0.2) is 0 Å². The van der Waals surface area contributed by atoms with Crippen molar-refractivity contribution in [1.82, 2.24) is 5.32 Å². The molecule has 1 amide bonds. The Morgan fingerprint density at radius 2 is 1.85 bits per heavy atom. The van der Waals surface area contributed by atoms with Gasteiger partial charge < -0.3 is 19.7 Å². The number of para-hydroxylation sites is 1. The van der Waals surface area contributed by atoms with Crippen LogP contribution in [0.25, 0.3) is 0 Å². The molecule has 1 N–H and O–H groups in total. The topological polar surface area (TPSA) is 50.8 Å². The molecule has 1 atom stereocenters. The number of morpholine rings is 1. The van der Waals surface area contributed by atoms with Crippen LogP contribution in [0.1, 0.15) is 18.1 Å². The van der Waals surface area contributed by atoms with Gasteiger partial charge in [-0.15, -0.1) is 0 Å². The molecular formula is C21H26N2O3. The van der Waals surface area contributed by atoms with Crippen molar-refractivity contribution in [3.63, 3.8) is 0 Å². The van der Waals surface area contributed by atoms with Crippen molar-refractivity contribution in [3.8, 4) is 5.75 Å². The average Bonchev–Trinajstić information content (AvgIpc) is 2.69. The lowest BCUT2D eigenvalue weighted by Gasteiger charge is -2.28. The average molecular weight is 354 g/mol. The summed E-state index contributed by atoms with van der Waals surface area (Å²) < 4.78 is 11.1. The molecule has 5 heteroatoms. The van der Waals surface area contributed by atoms with Crippen LogP contribution in [0.5, 0.6) is 5.75 Å². The summed E-state index contributed by atoms with van der Waals surface area (Å²) in [5.74, 6) is 0.621. The smallest absolute Gasteiger partial charge is 0.261 e. The fraction of sp³-hybridized carbons (Fsp3) is 0.381. The van der Waals surface area contributed by atoms with Gasteiger partial charge in [0.2, 0.25) is 0 Å². The molecule has 0 saturated carbocycles. The lowest BCUT2D eigenvalue weighted by Crippen LogP contribution is -2.36. The number of rotatable bonds is 6. The second-order valence-electron chi connectivity index (χ2n) is 6.51. The maximum Gasteiger partial charge on any atom is 0.261 e. The Morgan fingerprint density at radius 3 is 2.54 bits per heavy atom. The quantitative estimate of drug-likeness (QED) is 0.867. The van der Waals surface area contributed by atoms with Crippen molar-refractivity contribution < 1.29 is 14.3 Å². The van der Waals surface area contributed by atoms with Crippen LogP contribution in [0.15, 0.2) is 48.5 Å². The first-order valence-electron chi connectivity index (χ1n) is 9.05. The molecule has 0 unspecified atom stereocenters. The molecule has 0 spiro atoms. The van der Waals surface area contributed by atoms with Crippen LogP contribution < -0.4 is 15.0 Å². The molecule has 5 nitrogen and oxygen atoms in total. The zero-order chi connectivity index (χ0) is 18.4. The van der Waals surface area contributed by atoms with E-state index in [0.717, 1.165) is 43.2 Å². The van der Waals surface area contributed by atoms with Crippen molar-refractivity contribution in [2.45, 2.75) is 26.5 Å². The number of benzene rings is 2. The first-order chi connectivity index (χ1) is 12.6. The normalized spacial score (nSPS) is 15.4. The molecule has 1 aliphatic heterocycles. The van der Waals surface area contributed by atoms with Crippen molar-refractivity contribution in [2.24, 2.45) is 0 Å². The highest BCUT2D eigenvalue weighted by Gasteiger charge is 2.15. The summed E-state index contributed by atoms with van der Waals surface area (Å²) in [6.07, 6.45) is -0.538.